The molecule has 33 heavy (non-hydrogen) atoms. The summed E-state index contributed by atoms with van der Waals surface area (Å²) in [4.78, 5) is 12.9. The van der Waals surface area contributed by atoms with E-state index in [9.17, 15) is 13.2 Å². The summed E-state index contributed by atoms with van der Waals surface area (Å²) in [5, 5.41) is 2.83. The number of amides is 1. The fourth-order valence-corrected chi connectivity index (χ4v) is 5.40. The fraction of sp³-hybridized carbons (Fsp3) is 0.208. The molecule has 0 saturated heterocycles. The molecule has 0 spiro atoms. The predicted octanol–water partition coefficient (Wildman–Crippen LogP) is 2.83. The van der Waals surface area contributed by atoms with Crippen LogP contribution in [0.3, 0.4) is 0 Å². The lowest BCUT2D eigenvalue weighted by Gasteiger charge is -2.34. The normalized spacial score (nSPS) is 16.6. The average molecular weight is 467 g/mol. The van der Waals surface area contributed by atoms with Crippen LogP contribution in [0.15, 0.2) is 72.8 Å². The summed E-state index contributed by atoms with van der Waals surface area (Å²) in [5.74, 6) is 1.07. The molecule has 0 bridgehead atoms. The number of sulfonamides is 1. The molecule has 1 atom stereocenters. The molecule has 0 unspecified atom stereocenters. The van der Waals surface area contributed by atoms with Crippen molar-refractivity contribution in [2.24, 2.45) is 0 Å². The summed E-state index contributed by atoms with van der Waals surface area (Å²) in [6.07, 6.45) is -0.987. The number of benzene rings is 3. The highest BCUT2D eigenvalue weighted by molar-refractivity contribution is 7.92. The van der Waals surface area contributed by atoms with Crippen molar-refractivity contribution in [1.29, 1.82) is 0 Å². The first kappa shape index (κ1) is 21.1. The zero-order chi connectivity index (χ0) is 22.8. The average Bonchev–Trinajstić information content (AvgIpc) is 3.30. The summed E-state index contributed by atoms with van der Waals surface area (Å²) in [5.41, 5.74) is 1.93. The van der Waals surface area contributed by atoms with Crippen LogP contribution in [0.25, 0.3) is 0 Å². The van der Waals surface area contributed by atoms with Gasteiger partial charge in [-0.2, -0.15) is 0 Å². The first-order valence-corrected chi connectivity index (χ1v) is 12.1. The molecule has 0 saturated carbocycles. The summed E-state index contributed by atoms with van der Waals surface area (Å²) < 4.78 is 44.4. The van der Waals surface area contributed by atoms with Crippen molar-refractivity contribution in [2.45, 2.75) is 18.4 Å². The Morgan fingerprint density at radius 1 is 0.909 bits per heavy atom. The molecule has 2 aliphatic rings. The molecule has 1 N–H and O–H groups in total. The second kappa shape index (κ2) is 8.67. The molecule has 0 fully saturated rings. The van der Waals surface area contributed by atoms with Crippen LogP contribution in [0, 0.1) is 0 Å². The van der Waals surface area contributed by atoms with Crippen LogP contribution in [-0.4, -0.2) is 33.8 Å². The Hall–Kier alpha value is -3.72. The second-order valence-electron chi connectivity index (χ2n) is 7.75. The van der Waals surface area contributed by atoms with Crippen molar-refractivity contribution in [3.05, 3.63) is 83.9 Å². The van der Waals surface area contributed by atoms with Gasteiger partial charge >= 0.3 is 0 Å². The minimum Gasteiger partial charge on any atom is -0.476 e. The Labute approximate surface area is 191 Å². The highest BCUT2D eigenvalue weighted by Crippen LogP contribution is 2.36. The molecule has 9 heteroatoms. The van der Waals surface area contributed by atoms with Crippen LogP contribution in [-0.2, 0) is 27.1 Å². The summed E-state index contributed by atoms with van der Waals surface area (Å²) >= 11 is 0. The lowest BCUT2D eigenvalue weighted by atomic mass is 10.2. The number of fused-ring (bicyclic) bond motifs is 2. The largest absolute Gasteiger partial charge is 0.476 e. The van der Waals surface area contributed by atoms with Crippen LogP contribution in [0.1, 0.15) is 11.1 Å². The zero-order valence-electron chi connectivity index (χ0n) is 17.6. The van der Waals surface area contributed by atoms with E-state index in [-0.39, 0.29) is 25.6 Å². The number of hydrogen-bond acceptors (Lipinski definition) is 6. The molecular weight excluding hydrogens is 444 g/mol. The number of hydrogen-bond donors (Lipinski definition) is 1. The molecule has 8 nitrogen and oxygen atoms in total. The van der Waals surface area contributed by atoms with Crippen molar-refractivity contribution in [3.63, 3.8) is 0 Å². The van der Waals surface area contributed by atoms with E-state index in [1.807, 2.05) is 12.1 Å². The van der Waals surface area contributed by atoms with Gasteiger partial charge in [0.2, 0.25) is 16.8 Å². The fourth-order valence-electron chi connectivity index (χ4n) is 3.82. The molecule has 3 aromatic carbocycles. The van der Waals surface area contributed by atoms with Crippen LogP contribution < -0.4 is 23.8 Å². The van der Waals surface area contributed by atoms with E-state index < -0.39 is 22.0 Å². The Kier molecular flexibility index (Phi) is 5.55. The Bertz CT molecular complexity index is 1280. The molecular formula is C24H22N2O6S. The molecule has 2 heterocycles. The van der Waals surface area contributed by atoms with Gasteiger partial charge in [0.25, 0.3) is 5.91 Å². The highest BCUT2D eigenvalue weighted by Gasteiger charge is 2.36. The van der Waals surface area contributed by atoms with E-state index in [1.165, 1.54) is 4.31 Å². The molecule has 0 aliphatic carbocycles. The van der Waals surface area contributed by atoms with Gasteiger partial charge in [0.15, 0.2) is 17.6 Å². The van der Waals surface area contributed by atoms with E-state index in [0.717, 1.165) is 5.56 Å². The predicted molar refractivity (Wildman–Crippen MR) is 122 cm³/mol. The van der Waals surface area contributed by atoms with Crippen molar-refractivity contribution >= 4 is 21.6 Å². The van der Waals surface area contributed by atoms with Gasteiger partial charge in [-0.25, -0.2) is 8.42 Å². The monoisotopic (exact) mass is 466 g/mol. The van der Waals surface area contributed by atoms with E-state index >= 15 is 0 Å². The van der Waals surface area contributed by atoms with Crippen molar-refractivity contribution in [3.8, 4) is 17.2 Å². The maximum atomic E-state index is 13.3. The number of ether oxygens (including phenoxy) is 3. The zero-order valence-corrected chi connectivity index (χ0v) is 18.5. The van der Waals surface area contributed by atoms with Gasteiger partial charge in [0, 0.05) is 6.54 Å². The van der Waals surface area contributed by atoms with Crippen LogP contribution in [0.5, 0.6) is 17.2 Å². The lowest BCUT2D eigenvalue weighted by Crippen LogP contribution is -2.50. The number of para-hydroxylation sites is 2. The van der Waals surface area contributed by atoms with Gasteiger partial charge in [-0.3, -0.25) is 9.10 Å². The Morgan fingerprint density at radius 3 is 2.52 bits per heavy atom. The minimum atomic E-state index is -3.75. The molecule has 1 amide bonds. The Morgan fingerprint density at radius 2 is 1.67 bits per heavy atom. The smallest absolute Gasteiger partial charge is 0.263 e. The Balaban J connectivity index is 1.33. The van der Waals surface area contributed by atoms with Crippen molar-refractivity contribution < 1.29 is 27.4 Å². The molecule has 3 aromatic rings. The standard InChI is InChI=1S/C24H22N2O6S/c27-24(25-13-18-10-11-21-22(12-18)31-16-30-21)23-14-26(19-8-4-5-9-20(19)32-23)33(28,29)15-17-6-2-1-3-7-17/h1-12,23H,13-16H2,(H,25,27)/t23-/m1/s1. The number of rotatable bonds is 6. The van der Waals surface area contributed by atoms with E-state index in [1.54, 1.807) is 60.7 Å². The van der Waals surface area contributed by atoms with Gasteiger partial charge < -0.3 is 19.5 Å². The second-order valence-corrected chi connectivity index (χ2v) is 9.65. The van der Waals surface area contributed by atoms with Crippen LogP contribution >= 0.6 is 0 Å². The van der Waals surface area contributed by atoms with Crippen molar-refractivity contribution in [2.75, 3.05) is 17.6 Å². The van der Waals surface area contributed by atoms with Gasteiger partial charge in [-0.05, 0) is 35.4 Å². The summed E-state index contributed by atoms with van der Waals surface area (Å²) in [6.45, 7) is 0.306. The maximum Gasteiger partial charge on any atom is 0.263 e. The van der Waals surface area contributed by atoms with Crippen LogP contribution in [0.4, 0.5) is 5.69 Å². The topological polar surface area (TPSA) is 94.2 Å². The third-order valence-electron chi connectivity index (χ3n) is 5.46. The third-order valence-corrected chi connectivity index (χ3v) is 7.17. The molecule has 5 rings (SSSR count). The van der Waals surface area contributed by atoms with E-state index in [4.69, 9.17) is 14.2 Å². The number of nitrogens with zero attached hydrogens (tertiary/aromatic N) is 1. The molecule has 170 valence electrons. The first-order chi connectivity index (χ1) is 16.0. The first-order valence-electron chi connectivity index (χ1n) is 10.5. The van der Waals surface area contributed by atoms with Gasteiger partial charge in [0.1, 0.15) is 5.75 Å². The summed E-state index contributed by atoms with van der Waals surface area (Å²) in [7, 11) is -3.75. The quantitative estimate of drug-likeness (QED) is 0.601. The molecule has 2 aliphatic heterocycles. The van der Waals surface area contributed by atoms with E-state index in [2.05, 4.69) is 5.32 Å². The molecule has 0 radical (unpaired) electrons. The van der Waals surface area contributed by atoms with Gasteiger partial charge in [-0.15, -0.1) is 0 Å². The number of carbonyl (C=O) groups is 1. The third kappa shape index (κ3) is 4.45. The SMILES string of the molecule is O=C(NCc1ccc2c(c1)OCO2)[C@H]1CN(S(=O)(=O)Cc2ccccc2)c2ccccc2O1. The highest BCUT2D eigenvalue weighted by atomic mass is 32.2. The lowest BCUT2D eigenvalue weighted by molar-refractivity contribution is -0.127. The van der Waals surface area contributed by atoms with Gasteiger partial charge in [0.05, 0.1) is 18.0 Å². The maximum absolute atomic E-state index is 13.3. The van der Waals surface area contributed by atoms with E-state index in [0.29, 0.717) is 28.5 Å². The number of carbonyl (C=O) groups excluding carboxylic acids is 1. The van der Waals surface area contributed by atoms with Crippen molar-refractivity contribution in [1.82, 2.24) is 5.32 Å². The summed E-state index contributed by atoms with van der Waals surface area (Å²) in [6, 6.07) is 21.2. The van der Waals surface area contributed by atoms with Gasteiger partial charge in [-0.1, -0.05) is 48.5 Å². The molecule has 0 aromatic heterocycles. The number of anilines is 1. The minimum absolute atomic E-state index is 0.112. The number of nitrogens with one attached hydrogen (secondary N) is 1. The van der Waals surface area contributed by atoms with Crippen LogP contribution in [0.2, 0.25) is 0 Å².